The Bertz CT molecular complexity index is 276. The standard InChI is InChI=1S/C12H20OSi/c1-12(2,3)14(4,5)13-10-11-8-6-7-9-11/h6-10H,1-5H3. The second-order valence-corrected chi connectivity index (χ2v) is 9.97. The van der Waals surface area contributed by atoms with E-state index in [0.29, 0.717) is 0 Å². The van der Waals surface area contributed by atoms with Crippen molar-refractivity contribution in [3.63, 3.8) is 0 Å². The first-order chi connectivity index (χ1) is 6.33. The molecule has 1 nitrogen and oxygen atoms in total. The summed E-state index contributed by atoms with van der Waals surface area (Å²) in [7, 11) is -1.62. The molecule has 0 saturated carbocycles. The van der Waals surface area contributed by atoms with Gasteiger partial charge in [0.15, 0.2) is 0 Å². The fraction of sp³-hybridized carbons (Fsp3) is 0.500. The van der Waals surface area contributed by atoms with Crippen LogP contribution < -0.4 is 0 Å². The monoisotopic (exact) mass is 208 g/mol. The number of allylic oxidation sites excluding steroid dienone is 5. The van der Waals surface area contributed by atoms with Gasteiger partial charge in [0.05, 0.1) is 6.26 Å². The minimum Gasteiger partial charge on any atom is -0.548 e. The van der Waals surface area contributed by atoms with E-state index in [2.05, 4.69) is 46.0 Å². The average molecular weight is 208 g/mol. The highest BCUT2D eigenvalue weighted by Gasteiger charge is 2.38. The Balaban J connectivity index is 2.65. The fourth-order valence-electron chi connectivity index (χ4n) is 0.860. The SMILES string of the molecule is CC(C)(C)[Si](C)(C)OC=C1C=CC=C1. The molecule has 14 heavy (non-hydrogen) atoms. The van der Waals surface area contributed by atoms with Gasteiger partial charge in [-0.05, 0) is 18.1 Å². The molecular weight excluding hydrogens is 188 g/mol. The molecule has 0 amide bonds. The van der Waals surface area contributed by atoms with Crippen LogP contribution in [0.2, 0.25) is 18.1 Å². The number of hydrogen-bond donors (Lipinski definition) is 0. The fourth-order valence-corrected chi connectivity index (χ4v) is 1.64. The van der Waals surface area contributed by atoms with Gasteiger partial charge in [0.2, 0.25) is 8.32 Å². The number of hydrogen-bond acceptors (Lipinski definition) is 1. The summed E-state index contributed by atoms with van der Waals surface area (Å²) in [6, 6.07) is 0. The van der Waals surface area contributed by atoms with Gasteiger partial charge < -0.3 is 4.43 Å². The van der Waals surface area contributed by atoms with Crippen molar-refractivity contribution in [3.8, 4) is 0 Å². The first-order valence-corrected chi connectivity index (χ1v) is 7.96. The van der Waals surface area contributed by atoms with E-state index < -0.39 is 8.32 Å². The van der Waals surface area contributed by atoms with Crippen LogP contribution >= 0.6 is 0 Å². The van der Waals surface area contributed by atoms with Crippen molar-refractivity contribution in [2.45, 2.75) is 38.9 Å². The minimum atomic E-state index is -1.62. The van der Waals surface area contributed by atoms with Gasteiger partial charge in [0.25, 0.3) is 0 Å². The predicted molar refractivity (Wildman–Crippen MR) is 64.6 cm³/mol. The molecule has 78 valence electrons. The van der Waals surface area contributed by atoms with E-state index in [1.165, 1.54) is 0 Å². The highest BCUT2D eigenvalue weighted by atomic mass is 28.4. The zero-order valence-electron chi connectivity index (χ0n) is 9.79. The highest BCUT2D eigenvalue weighted by Crippen LogP contribution is 2.36. The summed E-state index contributed by atoms with van der Waals surface area (Å²) in [6.45, 7) is 11.3. The molecular formula is C12H20OSi. The molecule has 1 rings (SSSR count). The summed E-state index contributed by atoms with van der Waals surface area (Å²) in [4.78, 5) is 0. The van der Waals surface area contributed by atoms with E-state index >= 15 is 0 Å². The number of rotatable bonds is 2. The molecule has 0 aromatic carbocycles. The van der Waals surface area contributed by atoms with Crippen LogP contribution in [0.1, 0.15) is 20.8 Å². The van der Waals surface area contributed by atoms with Crippen LogP contribution in [0.4, 0.5) is 0 Å². The summed E-state index contributed by atoms with van der Waals surface area (Å²) < 4.78 is 5.95. The highest BCUT2D eigenvalue weighted by molar-refractivity contribution is 6.74. The van der Waals surface area contributed by atoms with Crippen LogP contribution in [0.25, 0.3) is 0 Å². The predicted octanol–water partition coefficient (Wildman–Crippen LogP) is 4.02. The molecule has 0 aromatic rings. The van der Waals surface area contributed by atoms with Crippen molar-refractivity contribution in [1.29, 1.82) is 0 Å². The van der Waals surface area contributed by atoms with Crippen LogP contribution in [0.3, 0.4) is 0 Å². The van der Waals surface area contributed by atoms with Crippen LogP contribution in [-0.4, -0.2) is 8.32 Å². The van der Waals surface area contributed by atoms with Crippen molar-refractivity contribution < 1.29 is 4.43 Å². The molecule has 0 saturated heterocycles. The van der Waals surface area contributed by atoms with Gasteiger partial charge in [-0.3, -0.25) is 0 Å². The molecule has 2 heteroatoms. The second kappa shape index (κ2) is 3.77. The van der Waals surface area contributed by atoms with Crippen molar-refractivity contribution in [2.75, 3.05) is 0 Å². The molecule has 1 aliphatic rings. The lowest BCUT2D eigenvalue weighted by Gasteiger charge is -2.35. The van der Waals surface area contributed by atoms with E-state index in [9.17, 15) is 0 Å². The van der Waals surface area contributed by atoms with Crippen LogP contribution in [0.5, 0.6) is 0 Å². The lowest BCUT2D eigenvalue weighted by atomic mass is 10.2. The summed E-state index contributed by atoms with van der Waals surface area (Å²) in [5.41, 5.74) is 1.16. The zero-order chi connectivity index (χ0) is 10.8. The van der Waals surface area contributed by atoms with Gasteiger partial charge in [-0.2, -0.15) is 0 Å². The van der Waals surface area contributed by atoms with Gasteiger partial charge in [0.1, 0.15) is 0 Å². The topological polar surface area (TPSA) is 9.23 Å². The maximum Gasteiger partial charge on any atom is 0.249 e. The van der Waals surface area contributed by atoms with E-state index in [0.717, 1.165) is 5.57 Å². The Morgan fingerprint density at radius 3 is 2.07 bits per heavy atom. The molecule has 0 aromatic heterocycles. The largest absolute Gasteiger partial charge is 0.548 e. The van der Waals surface area contributed by atoms with E-state index in [4.69, 9.17) is 4.43 Å². The maximum atomic E-state index is 5.95. The van der Waals surface area contributed by atoms with Crippen molar-refractivity contribution in [3.05, 3.63) is 36.1 Å². The van der Waals surface area contributed by atoms with E-state index in [-0.39, 0.29) is 5.04 Å². The third-order valence-electron chi connectivity index (χ3n) is 2.98. The smallest absolute Gasteiger partial charge is 0.249 e. The molecule has 0 N–H and O–H groups in total. The summed E-state index contributed by atoms with van der Waals surface area (Å²) >= 11 is 0. The summed E-state index contributed by atoms with van der Waals surface area (Å²) in [6.07, 6.45) is 10.1. The molecule has 0 atom stereocenters. The first-order valence-electron chi connectivity index (χ1n) is 5.06. The summed E-state index contributed by atoms with van der Waals surface area (Å²) in [5, 5.41) is 0.274. The van der Waals surface area contributed by atoms with Gasteiger partial charge in [-0.1, -0.05) is 45.1 Å². The van der Waals surface area contributed by atoms with E-state index in [1.807, 2.05) is 18.4 Å². The van der Waals surface area contributed by atoms with Gasteiger partial charge >= 0.3 is 0 Å². The normalized spacial score (nSPS) is 16.2. The van der Waals surface area contributed by atoms with Gasteiger partial charge in [-0.25, -0.2) is 0 Å². The van der Waals surface area contributed by atoms with Gasteiger partial charge in [-0.15, -0.1) is 0 Å². The van der Waals surface area contributed by atoms with Crippen LogP contribution in [0.15, 0.2) is 36.1 Å². The lowest BCUT2D eigenvalue weighted by molar-refractivity contribution is 0.428. The van der Waals surface area contributed by atoms with Crippen LogP contribution in [0, 0.1) is 0 Å². The third-order valence-corrected chi connectivity index (χ3v) is 7.30. The quantitative estimate of drug-likeness (QED) is 0.492. The maximum absolute atomic E-state index is 5.95. The molecule has 0 spiro atoms. The first kappa shape index (κ1) is 11.3. The molecule has 0 heterocycles. The summed E-state index contributed by atoms with van der Waals surface area (Å²) in [5.74, 6) is 0. The Kier molecular flexibility index (Phi) is 3.05. The third kappa shape index (κ3) is 2.61. The minimum absolute atomic E-state index is 0.274. The Morgan fingerprint density at radius 1 is 1.14 bits per heavy atom. The van der Waals surface area contributed by atoms with E-state index in [1.54, 1.807) is 0 Å². The molecule has 0 unspecified atom stereocenters. The van der Waals surface area contributed by atoms with Gasteiger partial charge in [0, 0.05) is 5.57 Å². The van der Waals surface area contributed by atoms with Crippen molar-refractivity contribution in [1.82, 2.24) is 0 Å². The molecule has 1 aliphatic carbocycles. The van der Waals surface area contributed by atoms with Crippen molar-refractivity contribution in [2.24, 2.45) is 0 Å². The second-order valence-electron chi connectivity index (χ2n) is 5.21. The molecule has 0 fully saturated rings. The molecule has 0 aliphatic heterocycles. The molecule has 0 bridgehead atoms. The van der Waals surface area contributed by atoms with Crippen LogP contribution in [-0.2, 0) is 4.43 Å². The average Bonchev–Trinajstić information content (AvgIpc) is 2.50. The lowest BCUT2D eigenvalue weighted by Crippen LogP contribution is -2.39. The Labute approximate surface area is 88.3 Å². The Morgan fingerprint density at radius 2 is 1.64 bits per heavy atom. The zero-order valence-corrected chi connectivity index (χ0v) is 10.8. The molecule has 0 radical (unpaired) electrons. The Hall–Kier alpha value is -0.763. The van der Waals surface area contributed by atoms with Crippen molar-refractivity contribution >= 4 is 8.32 Å².